The van der Waals surface area contributed by atoms with E-state index in [0.29, 0.717) is 59.6 Å². The Morgan fingerprint density at radius 2 is 2.06 bits per heavy atom. The highest BCUT2D eigenvalue weighted by Gasteiger charge is 2.30. The van der Waals surface area contributed by atoms with E-state index in [0.717, 1.165) is 6.08 Å². The molecule has 0 radical (unpaired) electrons. The van der Waals surface area contributed by atoms with Crippen molar-refractivity contribution in [3.05, 3.63) is 70.4 Å². The molecule has 1 aromatic heterocycles. The molecule has 0 amide bonds. The van der Waals surface area contributed by atoms with Gasteiger partial charge < -0.3 is 15.4 Å². The van der Waals surface area contributed by atoms with Gasteiger partial charge in [0.1, 0.15) is 17.6 Å². The summed E-state index contributed by atoms with van der Waals surface area (Å²) >= 11 is 0. The third-order valence-electron chi connectivity index (χ3n) is 5.52. The predicted octanol–water partition coefficient (Wildman–Crippen LogP) is 3.19. The maximum Gasteiger partial charge on any atom is 0.263 e. The van der Waals surface area contributed by atoms with Gasteiger partial charge in [-0.25, -0.2) is 9.37 Å². The fourth-order valence-corrected chi connectivity index (χ4v) is 3.59. The van der Waals surface area contributed by atoms with E-state index in [2.05, 4.69) is 6.58 Å². The van der Waals surface area contributed by atoms with Crippen molar-refractivity contribution in [3.63, 3.8) is 0 Å². The summed E-state index contributed by atoms with van der Waals surface area (Å²) < 4.78 is 21.3. The number of methoxy groups -OCH3 is 1. The Labute approximate surface area is 186 Å². The average Bonchev–Trinajstić information content (AvgIpc) is 2.76. The lowest BCUT2D eigenvalue weighted by Gasteiger charge is -2.40. The van der Waals surface area contributed by atoms with E-state index in [9.17, 15) is 9.18 Å². The van der Waals surface area contributed by atoms with Gasteiger partial charge in [0, 0.05) is 26.1 Å². The number of anilines is 1. The van der Waals surface area contributed by atoms with Gasteiger partial charge in [0.15, 0.2) is 0 Å². The van der Waals surface area contributed by atoms with Crippen molar-refractivity contribution in [2.75, 3.05) is 31.6 Å². The van der Waals surface area contributed by atoms with Gasteiger partial charge in [0.25, 0.3) is 5.56 Å². The van der Waals surface area contributed by atoms with Crippen LogP contribution in [0.4, 0.5) is 10.3 Å². The molecule has 0 unspecified atom stereocenters. The minimum Gasteiger partial charge on any atom is -0.497 e. The molecule has 1 saturated heterocycles. The van der Waals surface area contributed by atoms with Crippen LogP contribution >= 0.6 is 0 Å². The molecule has 0 spiro atoms. The van der Waals surface area contributed by atoms with Crippen LogP contribution in [0.1, 0.15) is 12.6 Å². The number of rotatable bonds is 7. The minimum absolute atomic E-state index is 0.187. The molecule has 0 bridgehead atoms. The van der Waals surface area contributed by atoms with Crippen molar-refractivity contribution in [1.82, 2.24) is 9.55 Å². The monoisotopic (exact) mass is 435 g/mol. The molecule has 166 valence electrons. The summed E-state index contributed by atoms with van der Waals surface area (Å²) in [6.07, 6.45) is 2.36. The van der Waals surface area contributed by atoms with Crippen LogP contribution in [0, 0.1) is 17.2 Å². The summed E-state index contributed by atoms with van der Waals surface area (Å²) in [4.78, 5) is 20.2. The van der Waals surface area contributed by atoms with Gasteiger partial charge >= 0.3 is 0 Å². The number of allylic oxidation sites excluding steroid dienone is 5. The quantitative estimate of drug-likeness (QED) is 0.530. The first-order chi connectivity index (χ1) is 15.3. The molecule has 7 nitrogen and oxygen atoms in total. The Hall–Kier alpha value is -3.70. The molecule has 0 saturated carbocycles. The van der Waals surface area contributed by atoms with Crippen LogP contribution in [0.5, 0.6) is 5.75 Å². The summed E-state index contributed by atoms with van der Waals surface area (Å²) in [6.45, 7) is 7.09. The molecule has 8 heteroatoms. The van der Waals surface area contributed by atoms with Gasteiger partial charge in [0.2, 0.25) is 5.95 Å². The zero-order valence-corrected chi connectivity index (χ0v) is 18.4. The molecular formula is C24H26FN5O2. The van der Waals surface area contributed by atoms with Crippen molar-refractivity contribution in [2.24, 2.45) is 18.7 Å². The Bertz CT molecular complexity index is 1180. The van der Waals surface area contributed by atoms with Crippen LogP contribution in [-0.4, -0.2) is 36.3 Å². The summed E-state index contributed by atoms with van der Waals surface area (Å²) in [5.41, 5.74) is 7.03. The number of hydrogen-bond acceptors (Lipinski definition) is 6. The first-order valence-corrected chi connectivity index (χ1v) is 10.2. The number of benzene rings is 1. The van der Waals surface area contributed by atoms with E-state index < -0.39 is 5.83 Å². The van der Waals surface area contributed by atoms with Crippen LogP contribution in [0.15, 0.2) is 59.2 Å². The fourth-order valence-electron chi connectivity index (χ4n) is 3.59. The van der Waals surface area contributed by atoms with Gasteiger partial charge in [-0.1, -0.05) is 18.7 Å². The van der Waals surface area contributed by atoms with Crippen molar-refractivity contribution in [1.29, 1.82) is 5.26 Å². The Morgan fingerprint density at radius 1 is 1.41 bits per heavy atom. The number of ether oxygens (including phenoxy) is 1. The van der Waals surface area contributed by atoms with E-state index >= 15 is 0 Å². The summed E-state index contributed by atoms with van der Waals surface area (Å²) in [5, 5.41) is 9.10. The Morgan fingerprint density at radius 3 is 2.59 bits per heavy atom. The van der Waals surface area contributed by atoms with E-state index in [1.165, 1.54) is 10.6 Å². The van der Waals surface area contributed by atoms with Crippen molar-refractivity contribution >= 4 is 11.5 Å². The van der Waals surface area contributed by atoms with Crippen LogP contribution in [0.25, 0.3) is 16.7 Å². The van der Waals surface area contributed by atoms with E-state index in [1.807, 2.05) is 4.90 Å². The zero-order valence-electron chi connectivity index (χ0n) is 18.4. The van der Waals surface area contributed by atoms with Gasteiger partial charge in [-0.2, -0.15) is 5.26 Å². The average molecular weight is 436 g/mol. The molecule has 32 heavy (non-hydrogen) atoms. The van der Waals surface area contributed by atoms with Gasteiger partial charge in [-0.3, -0.25) is 9.36 Å². The highest BCUT2D eigenvalue weighted by Crippen LogP contribution is 2.30. The summed E-state index contributed by atoms with van der Waals surface area (Å²) in [7, 11) is 3.23. The first-order valence-electron chi connectivity index (χ1n) is 10.2. The third kappa shape index (κ3) is 4.34. The molecule has 1 aliphatic heterocycles. The van der Waals surface area contributed by atoms with Crippen LogP contribution in [0.2, 0.25) is 0 Å². The molecule has 2 heterocycles. The van der Waals surface area contributed by atoms with Crippen molar-refractivity contribution in [3.8, 4) is 22.9 Å². The molecule has 2 N–H and O–H groups in total. The Kier molecular flexibility index (Phi) is 6.91. The van der Waals surface area contributed by atoms with Crippen LogP contribution in [0.3, 0.4) is 0 Å². The number of halogens is 1. The fraction of sp³-hybridized carbons (Fsp3) is 0.292. The smallest absolute Gasteiger partial charge is 0.263 e. The topological polar surface area (TPSA) is 97.2 Å². The largest absolute Gasteiger partial charge is 0.497 e. The Balaban J connectivity index is 2.22. The number of nitrogens with two attached hydrogens (primary N) is 1. The predicted molar refractivity (Wildman–Crippen MR) is 124 cm³/mol. The normalized spacial score (nSPS) is 15.0. The van der Waals surface area contributed by atoms with Crippen LogP contribution < -0.4 is 20.9 Å². The second-order valence-electron chi connectivity index (χ2n) is 7.64. The van der Waals surface area contributed by atoms with Gasteiger partial charge in [0.05, 0.1) is 23.9 Å². The van der Waals surface area contributed by atoms with E-state index in [4.69, 9.17) is 20.7 Å². The molecular weight excluding hydrogens is 409 g/mol. The highest BCUT2D eigenvalue weighted by atomic mass is 19.1. The second kappa shape index (κ2) is 9.62. The molecule has 1 aromatic carbocycles. The van der Waals surface area contributed by atoms with Crippen molar-refractivity contribution < 1.29 is 9.13 Å². The van der Waals surface area contributed by atoms with Crippen molar-refractivity contribution in [2.45, 2.75) is 6.92 Å². The maximum absolute atomic E-state index is 14.6. The molecule has 0 atom stereocenters. The molecule has 2 aromatic rings. The number of aromatic nitrogens is 2. The first kappa shape index (κ1) is 23.0. The summed E-state index contributed by atoms with van der Waals surface area (Å²) in [5.74, 6) is 0.751. The molecule has 0 aliphatic carbocycles. The standard InChI is InChI=1S/C24H26FN5O2/c1-5-17(12-27)20(25)10-15(2)22-21(18-6-8-19(32-4)9-7-18)23(31)29(3)24(28-22)30-13-16(11-26)14-30/h5-10,16H,1,11,13-14,26H2,2-4H3/b15-10+,20-17-. The maximum atomic E-state index is 14.6. The third-order valence-corrected chi connectivity index (χ3v) is 5.52. The van der Waals surface area contributed by atoms with Gasteiger partial charge in [-0.05, 0) is 48.9 Å². The minimum atomic E-state index is -0.739. The summed E-state index contributed by atoms with van der Waals surface area (Å²) in [6, 6.07) is 8.79. The molecule has 3 rings (SSSR count). The number of nitrogens with zero attached hydrogens (tertiary/aromatic N) is 4. The lowest BCUT2D eigenvalue weighted by Crippen LogP contribution is -2.52. The van der Waals surface area contributed by atoms with E-state index in [1.54, 1.807) is 51.4 Å². The number of hydrogen-bond donors (Lipinski definition) is 1. The zero-order chi connectivity index (χ0) is 23.4. The SMILES string of the molecule is C=C/C(C#N)=C(F)\C=C(/C)c1nc(N2CC(CN)C2)n(C)c(=O)c1-c1ccc(OC)cc1. The lowest BCUT2D eigenvalue weighted by molar-refractivity contribution is 0.407. The van der Waals surface area contributed by atoms with Crippen LogP contribution in [-0.2, 0) is 7.05 Å². The molecule has 1 aliphatic rings. The van der Waals surface area contributed by atoms with Gasteiger partial charge in [-0.15, -0.1) is 0 Å². The lowest BCUT2D eigenvalue weighted by atomic mass is 9.99. The second-order valence-corrected chi connectivity index (χ2v) is 7.64. The highest BCUT2D eigenvalue weighted by molar-refractivity contribution is 5.80. The molecule has 1 fully saturated rings. The number of nitriles is 1. The van der Waals surface area contributed by atoms with E-state index in [-0.39, 0.29) is 11.1 Å².